The first kappa shape index (κ1) is 17.3. The molecule has 5 nitrogen and oxygen atoms in total. The molecule has 0 fully saturated rings. The molecule has 0 saturated heterocycles. The third kappa shape index (κ3) is 6.99. The Kier molecular flexibility index (Phi) is 6.03. The van der Waals surface area contributed by atoms with Gasteiger partial charge in [0.2, 0.25) is 0 Å². The van der Waals surface area contributed by atoms with Gasteiger partial charge in [0, 0.05) is 17.1 Å². The number of ether oxygens (including phenoxy) is 1. The minimum atomic E-state index is -0.839. The van der Waals surface area contributed by atoms with Crippen molar-refractivity contribution in [2.45, 2.75) is 45.6 Å². The van der Waals surface area contributed by atoms with Gasteiger partial charge < -0.3 is 9.84 Å². The van der Waals surface area contributed by atoms with Crippen molar-refractivity contribution in [1.82, 2.24) is 0 Å². The molecular weight excluding hydrogens is 294 g/mol. The lowest BCUT2D eigenvalue weighted by atomic mass is 10.1. The SMILES string of the molecule is CC(C)(C)OC(=O)Nc1ccc(Cl)c(CCCC(=O)O)c1. The normalized spacial score (nSPS) is 11.0. The summed E-state index contributed by atoms with van der Waals surface area (Å²) in [6.45, 7) is 5.35. The van der Waals surface area contributed by atoms with Gasteiger partial charge >= 0.3 is 12.1 Å². The molecule has 1 aromatic rings. The van der Waals surface area contributed by atoms with Crippen LogP contribution < -0.4 is 5.32 Å². The van der Waals surface area contributed by atoms with Gasteiger partial charge in [-0.3, -0.25) is 10.1 Å². The van der Waals surface area contributed by atoms with Gasteiger partial charge in [0.1, 0.15) is 5.60 Å². The maximum absolute atomic E-state index is 11.7. The van der Waals surface area contributed by atoms with E-state index >= 15 is 0 Å². The van der Waals surface area contributed by atoms with E-state index in [1.54, 1.807) is 39.0 Å². The Morgan fingerprint density at radius 2 is 2.00 bits per heavy atom. The first-order chi connectivity index (χ1) is 9.67. The van der Waals surface area contributed by atoms with Gasteiger partial charge in [-0.05, 0) is 57.4 Å². The second-order valence-corrected chi connectivity index (χ2v) is 6.09. The molecule has 0 aliphatic rings. The number of aliphatic carboxylic acids is 1. The number of rotatable bonds is 5. The number of hydrogen-bond donors (Lipinski definition) is 2. The van der Waals surface area contributed by atoms with E-state index in [1.165, 1.54) is 0 Å². The fourth-order valence-corrected chi connectivity index (χ4v) is 1.91. The number of nitrogens with one attached hydrogen (secondary N) is 1. The van der Waals surface area contributed by atoms with Crippen LogP contribution in [0.3, 0.4) is 0 Å². The summed E-state index contributed by atoms with van der Waals surface area (Å²) >= 11 is 6.06. The van der Waals surface area contributed by atoms with Crippen LogP contribution in [-0.4, -0.2) is 22.8 Å². The van der Waals surface area contributed by atoms with Crippen LogP contribution in [-0.2, 0) is 16.0 Å². The third-order valence-corrected chi connectivity index (χ3v) is 2.90. The van der Waals surface area contributed by atoms with Crippen LogP contribution in [0.1, 0.15) is 39.2 Å². The molecular formula is C15H20ClNO4. The van der Waals surface area contributed by atoms with Crippen LogP contribution in [0.5, 0.6) is 0 Å². The zero-order valence-electron chi connectivity index (χ0n) is 12.4. The summed E-state index contributed by atoms with van der Waals surface area (Å²) in [5, 5.41) is 11.8. The van der Waals surface area contributed by atoms with Crippen LogP contribution in [0.15, 0.2) is 18.2 Å². The fraction of sp³-hybridized carbons (Fsp3) is 0.467. The molecule has 116 valence electrons. The Bertz CT molecular complexity index is 523. The number of carbonyl (C=O) groups excluding carboxylic acids is 1. The quantitative estimate of drug-likeness (QED) is 0.858. The lowest BCUT2D eigenvalue weighted by Crippen LogP contribution is -2.27. The molecule has 0 radical (unpaired) electrons. The molecule has 0 spiro atoms. The van der Waals surface area contributed by atoms with Crippen molar-refractivity contribution in [1.29, 1.82) is 0 Å². The maximum atomic E-state index is 11.7. The van der Waals surface area contributed by atoms with Gasteiger partial charge in [-0.2, -0.15) is 0 Å². The standard InChI is InChI=1S/C15H20ClNO4/c1-15(2,3)21-14(20)17-11-7-8-12(16)10(9-11)5-4-6-13(18)19/h7-9H,4-6H2,1-3H3,(H,17,20)(H,18,19). The summed E-state index contributed by atoms with van der Waals surface area (Å²) in [5.41, 5.74) is 0.798. The number of carbonyl (C=O) groups is 2. The molecule has 1 aromatic carbocycles. The van der Waals surface area contributed by atoms with E-state index in [1.807, 2.05) is 0 Å². The molecule has 0 heterocycles. The average Bonchev–Trinajstić information content (AvgIpc) is 2.30. The summed E-state index contributed by atoms with van der Waals surface area (Å²) in [7, 11) is 0. The summed E-state index contributed by atoms with van der Waals surface area (Å²) in [6, 6.07) is 5.07. The van der Waals surface area contributed by atoms with E-state index in [2.05, 4.69) is 5.32 Å². The van der Waals surface area contributed by atoms with E-state index in [-0.39, 0.29) is 6.42 Å². The zero-order chi connectivity index (χ0) is 16.0. The average molecular weight is 314 g/mol. The fourth-order valence-electron chi connectivity index (χ4n) is 1.70. The Hall–Kier alpha value is -1.75. The number of halogens is 1. The molecule has 1 rings (SSSR count). The van der Waals surface area contributed by atoms with Gasteiger partial charge in [0.25, 0.3) is 0 Å². The molecule has 0 unspecified atom stereocenters. The summed E-state index contributed by atoms with van der Waals surface area (Å²) in [6.07, 6.45) is 0.571. The smallest absolute Gasteiger partial charge is 0.412 e. The second kappa shape index (κ2) is 7.31. The van der Waals surface area contributed by atoms with Crippen LogP contribution in [0.2, 0.25) is 5.02 Å². The lowest BCUT2D eigenvalue weighted by Gasteiger charge is -2.20. The zero-order valence-corrected chi connectivity index (χ0v) is 13.2. The van der Waals surface area contributed by atoms with Gasteiger partial charge in [-0.25, -0.2) is 4.79 Å². The van der Waals surface area contributed by atoms with E-state index < -0.39 is 17.7 Å². The van der Waals surface area contributed by atoms with Crippen molar-refractivity contribution < 1.29 is 19.4 Å². The number of aryl methyl sites for hydroxylation is 1. The molecule has 0 aliphatic carbocycles. The Balaban J connectivity index is 2.68. The van der Waals surface area contributed by atoms with Crippen LogP contribution in [0, 0.1) is 0 Å². The monoisotopic (exact) mass is 313 g/mol. The van der Waals surface area contributed by atoms with E-state index in [0.717, 1.165) is 5.56 Å². The van der Waals surface area contributed by atoms with E-state index in [4.69, 9.17) is 21.4 Å². The molecule has 0 aromatic heterocycles. The molecule has 0 atom stereocenters. The topological polar surface area (TPSA) is 75.6 Å². The highest BCUT2D eigenvalue weighted by molar-refractivity contribution is 6.31. The van der Waals surface area contributed by atoms with Crippen molar-refractivity contribution in [3.63, 3.8) is 0 Å². The number of carboxylic acid groups (broad SMARTS) is 1. The molecule has 21 heavy (non-hydrogen) atoms. The number of benzene rings is 1. The Morgan fingerprint density at radius 1 is 1.33 bits per heavy atom. The van der Waals surface area contributed by atoms with Crippen molar-refractivity contribution in [3.05, 3.63) is 28.8 Å². The highest BCUT2D eigenvalue weighted by atomic mass is 35.5. The van der Waals surface area contributed by atoms with Crippen LogP contribution in [0.4, 0.5) is 10.5 Å². The first-order valence-corrected chi connectivity index (χ1v) is 7.05. The highest BCUT2D eigenvalue weighted by Crippen LogP contribution is 2.23. The molecule has 0 bridgehead atoms. The number of carboxylic acids is 1. The number of anilines is 1. The number of hydrogen-bond acceptors (Lipinski definition) is 3. The molecule has 6 heteroatoms. The molecule has 0 aliphatic heterocycles. The Morgan fingerprint density at radius 3 is 2.57 bits per heavy atom. The minimum absolute atomic E-state index is 0.0834. The molecule has 2 N–H and O–H groups in total. The Labute approximate surface area is 129 Å². The van der Waals surface area contributed by atoms with Crippen LogP contribution in [0.25, 0.3) is 0 Å². The maximum Gasteiger partial charge on any atom is 0.412 e. The third-order valence-electron chi connectivity index (χ3n) is 2.53. The summed E-state index contributed by atoms with van der Waals surface area (Å²) in [4.78, 5) is 22.2. The summed E-state index contributed by atoms with van der Waals surface area (Å²) in [5.74, 6) is -0.839. The van der Waals surface area contributed by atoms with Crippen LogP contribution >= 0.6 is 11.6 Å². The van der Waals surface area contributed by atoms with Crippen molar-refractivity contribution >= 4 is 29.4 Å². The highest BCUT2D eigenvalue weighted by Gasteiger charge is 2.16. The molecule has 1 amide bonds. The predicted octanol–water partition coefficient (Wildman–Crippen LogP) is 4.09. The minimum Gasteiger partial charge on any atom is -0.481 e. The predicted molar refractivity (Wildman–Crippen MR) is 81.9 cm³/mol. The second-order valence-electron chi connectivity index (χ2n) is 5.68. The lowest BCUT2D eigenvalue weighted by molar-refractivity contribution is -0.137. The summed E-state index contributed by atoms with van der Waals surface area (Å²) < 4.78 is 5.16. The van der Waals surface area contributed by atoms with Crippen molar-refractivity contribution in [3.8, 4) is 0 Å². The van der Waals surface area contributed by atoms with Gasteiger partial charge in [0.05, 0.1) is 0 Å². The van der Waals surface area contributed by atoms with E-state index in [0.29, 0.717) is 23.6 Å². The largest absolute Gasteiger partial charge is 0.481 e. The van der Waals surface area contributed by atoms with Gasteiger partial charge in [-0.1, -0.05) is 11.6 Å². The van der Waals surface area contributed by atoms with Crippen molar-refractivity contribution in [2.24, 2.45) is 0 Å². The van der Waals surface area contributed by atoms with Crippen molar-refractivity contribution in [2.75, 3.05) is 5.32 Å². The first-order valence-electron chi connectivity index (χ1n) is 6.67. The number of amides is 1. The van der Waals surface area contributed by atoms with Gasteiger partial charge in [-0.15, -0.1) is 0 Å². The molecule has 0 saturated carbocycles. The van der Waals surface area contributed by atoms with Gasteiger partial charge in [0.15, 0.2) is 0 Å². The van der Waals surface area contributed by atoms with E-state index in [9.17, 15) is 9.59 Å².